The first-order chi connectivity index (χ1) is 14.8. The van der Waals surface area contributed by atoms with E-state index in [-0.39, 0.29) is 11.6 Å². The molecule has 0 aliphatic carbocycles. The van der Waals surface area contributed by atoms with Crippen molar-refractivity contribution in [2.45, 2.75) is 39.0 Å². The molecule has 2 rings (SSSR count). The van der Waals surface area contributed by atoms with E-state index in [2.05, 4.69) is 12.2 Å². The minimum Gasteiger partial charge on any atom is -0.478 e. The van der Waals surface area contributed by atoms with Crippen LogP contribution in [-0.2, 0) is 4.79 Å². The maximum Gasteiger partial charge on any atom is 0.328 e. The highest BCUT2D eigenvalue weighted by molar-refractivity contribution is 5.92. The molecule has 0 bridgehead atoms. The fourth-order valence-corrected chi connectivity index (χ4v) is 3.12. The number of unbranched alkanes of at least 4 members (excludes halogenated alkanes) is 4. The molecule has 31 heavy (non-hydrogen) atoms. The second-order valence-corrected chi connectivity index (χ2v) is 7.28. The van der Waals surface area contributed by atoms with Crippen LogP contribution in [0, 0.1) is 11.6 Å². The summed E-state index contributed by atoms with van der Waals surface area (Å²) in [5.74, 6) is -3.03. The number of nitrogens with one attached hydrogen (secondary N) is 1. The Hall–Kier alpha value is -3.22. The highest BCUT2D eigenvalue weighted by Crippen LogP contribution is 2.28. The van der Waals surface area contributed by atoms with E-state index in [0.29, 0.717) is 23.9 Å². The van der Waals surface area contributed by atoms with Crippen LogP contribution in [0.25, 0.3) is 17.2 Å². The first-order valence-corrected chi connectivity index (χ1v) is 10.4. The molecule has 0 atom stereocenters. The molecule has 0 saturated heterocycles. The van der Waals surface area contributed by atoms with E-state index in [1.54, 1.807) is 31.3 Å². The topological polar surface area (TPSA) is 69.6 Å². The van der Waals surface area contributed by atoms with Crippen LogP contribution in [0.15, 0.2) is 42.5 Å². The Morgan fingerprint density at radius 1 is 1.03 bits per heavy atom. The lowest BCUT2D eigenvalue weighted by Crippen LogP contribution is -2.37. The van der Waals surface area contributed by atoms with Gasteiger partial charge in [-0.15, -0.1) is 0 Å². The molecule has 0 radical (unpaired) electrons. The number of carbonyl (C=O) groups excluding carboxylic acids is 1. The molecule has 0 saturated carbocycles. The summed E-state index contributed by atoms with van der Waals surface area (Å²) >= 11 is 0. The van der Waals surface area contributed by atoms with Gasteiger partial charge in [-0.1, -0.05) is 44.7 Å². The van der Waals surface area contributed by atoms with Crippen molar-refractivity contribution >= 4 is 23.8 Å². The predicted octanol–water partition coefficient (Wildman–Crippen LogP) is 5.85. The highest BCUT2D eigenvalue weighted by atomic mass is 19.1. The SMILES string of the molecule is CCCCCCCNC(=O)N(C)c1cccc(-c2cc(F)c(/C=C/C(=O)O)c(F)c2)c1. The number of benzene rings is 2. The van der Waals surface area contributed by atoms with Crippen LogP contribution in [-0.4, -0.2) is 30.7 Å². The molecule has 0 aliphatic heterocycles. The smallest absolute Gasteiger partial charge is 0.328 e. The normalized spacial score (nSPS) is 11.0. The summed E-state index contributed by atoms with van der Waals surface area (Å²) in [5.41, 5.74) is 0.978. The van der Waals surface area contributed by atoms with Crippen molar-refractivity contribution in [3.05, 3.63) is 59.7 Å². The second kappa shape index (κ2) is 11.8. The Morgan fingerprint density at radius 3 is 2.35 bits per heavy atom. The zero-order chi connectivity index (χ0) is 22.8. The molecule has 0 fully saturated rings. The van der Waals surface area contributed by atoms with Crippen molar-refractivity contribution in [2.24, 2.45) is 0 Å². The Morgan fingerprint density at radius 2 is 1.71 bits per heavy atom. The highest BCUT2D eigenvalue weighted by Gasteiger charge is 2.14. The quantitative estimate of drug-likeness (QED) is 0.367. The number of amides is 2. The molecule has 2 aromatic rings. The van der Waals surface area contributed by atoms with Gasteiger partial charge >= 0.3 is 12.0 Å². The maximum absolute atomic E-state index is 14.3. The lowest BCUT2D eigenvalue weighted by Gasteiger charge is -2.19. The van der Waals surface area contributed by atoms with Crippen LogP contribution >= 0.6 is 0 Å². The largest absolute Gasteiger partial charge is 0.478 e. The van der Waals surface area contributed by atoms with Crippen LogP contribution in [0.4, 0.5) is 19.3 Å². The number of urea groups is 1. The van der Waals surface area contributed by atoms with E-state index < -0.39 is 23.2 Å². The third kappa shape index (κ3) is 7.20. The van der Waals surface area contributed by atoms with Crippen LogP contribution in [0.3, 0.4) is 0 Å². The molecule has 0 heterocycles. The summed E-state index contributed by atoms with van der Waals surface area (Å²) < 4.78 is 28.7. The molecule has 0 aliphatic rings. The van der Waals surface area contributed by atoms with Crippen LogP contribution in [0.1, 0.15) is 44.6 Å². The number of carboxylic acid groups (broad SMARTS) is 1. The lowest BCUT2D eigenvalue weighted by atomic mass is 10.0. The summed E-state index contributed by atoms with van der Waals surface area (Å²) in [4.78, 5) is 24.4. The summed E-state index contributed by atoms with van der Waals surface area (Å²) in [7, 11) is 1.63. The average molecular weight is 430 g/mol. The molecule has 0 aromatic heterocycles. The molecule has 2 N–H and O–H groups in total. The van der Waals surface area contributed by atoms with Crippen molar-refractivity contribution in [2.75, 3.05) is 18.5 Å². The molecule has 2 aromatic carbocycles. The minimum atomic E-state index is -1.29. The van der Waals surface area contributed by atoms with Crippen molar-refractivity contribution in [3.63, 3.8) is 0 Å². The Kier molecular flexibility index (Phi) is 9.18. The predicted molar refractivity (Wildman–Crippen MR) is 119 cm³/mol. The molecule has 7 heteroatoms. The number of carbonyl (C=O) groups is 2. The number of halogens is 2. The summed E-state index contributed by atoms with van der Waals surface area (Å²) in [5, 5.41) is 11.5. The van der Waals surface area contributed by atoms with Gasteiger partial charge in [-0.05, 0) is 47.9 Å². The average Bonchev–Trinajstić information content (AvgIpc) is 2.74. The number of carboxylic acids is 1. The Bertz CT molecular complexity index is 921. The first-order valence-electron chi connectivity index (χ1n) is 10.4. The second-order valence-electron chi connectivity index (χ2n) is 7.28. The van der Waals surface area contributed by atoms with Gasteiger partial charge in [0, 0.05) is 30.9 Å². The summed E-state index contributed by atoms with van der Waals surface area (Å²) in [6, 6.07) is 8.82. The summed E-state index contributed by atoms with van der Waals surface area (Å²) in [6.07, 6.45) is 7.07. The van der Waals surface area contributed by atoms with E-state index in [1.165, 1.54) is 17.7 Å². The van der Waals surface area contributed by atoms with Gasteiger partial charge in [0.05, 0.1) is 0 Å². The molecule has 166 valence electrons. The van der Waals surface area contributed by atoms with Gasteiger partial charge in [-0.3, -0.25) is 4.90 Å². The van der Waals surface area contributed by atoms with Crippen molar-refractivity contribution in [1.82, 2.24) is 5.32 Å². The summed E-state index contributed by atoms with van der Waals surface area (Å²) in [6.45, 7) is 2.74. The van der Waals surface area contributed by atoms with Gasteiger partial charge in [0.2, 0.25) is 0 Å². The van der Waals surface area contributed by atoms with Crippen LogP contribution < -0.4 is 10.2 Å². The fourth-order valence-electron chi connectivity index (χ4n) is 3.12. The Balaban J connectivity index is 2.11. The molecule has 2 amide bonds. The van der Waals surface area contributed by atoms with E-state index in [9.17, 15) is 18.4 Å². The van der Waals surface area contributed by atoms with E-state index in [1.807, 2.05) is 0 Å². The number of nitrogens with zero attached hydrogens (tertiary/aromatic N) is 1. The number of hydrogen-bond acceptors (Lipinski definition) is 2. The maximum atomic E-state index is 14.3. The van der Waals surface area contributed by atoms with Crippen LogP contribution in [0.2, 0.25) is 0 Å². The number of hydrogen-bond donors (Lipinski definition) is 2. The molecular formula is C24H28F2N2O3. The fraction of sp³-hybridized carbons (Fsp3) is 0.333. The zero-order valence-corrected chi connectivity index (χ0v) is 17.8. The molecule has 0 unspecified atom stereocenters. The number of aliphatic carboxylic acids is 1. The van der Waals surface area contributed by atoms with Crippen molar-refractivity contribution in [3.8, 4) is 11.1 Å². The zero-order valence-electron chi connectivity index (χ0n) is 17.8. The first kappa shape index (κ1) is 24.1. The third-order valence-corrected chi connectivity index (χ3v) is 4.90. The van der Waals surface area contributed by atoms with Crippen molar-refractivity contribution < 1.29 is 23.5 Å². The number of anilines is 1. The number of rotatable bonds is 10. The van der Waals surface area contributed by atoms with Gasteiger partial charge in [-0.25, -0.2) is 18.4 Å². The van der Waals surface area contributed by atoms with Gasteiger partial charge in [0.1, 0.15) is 11.6 Å². The van der Waals surface area contributed by atoms with E-state index >= 15 is 0 Å². The van der Waals surface area contributed by atoms with Gasteiger partial charge in [0.15, 0.2) is 0 Å². The third-order valence-electron chi connectivity index (χ3n) is 4.90. The van der Waals surface area contributed by atoms with Gasteiger partial charge < -0.3 is 10.4 Å². The van der Waals surface area contributed by atoms with Gasteiger partial charge in [0.25, 0.3) is 0 Å². The minimum absolute atomic E-state index is 0.251. The Labute approximate surface area is 181 Å². The van der Waals surface area contributed by atoms with E-state index in [4.69, 9.17) is 5.11 Å². The van der Waals surface area contributed by atoms with Gasteiger partial charge in [-0.2, -0.15) is 0 Å². The molecule has 5 nitrogen and oxygen atoms in total. The van der Waals surface area contributed by atoms with Crippen molar-refractivity contribution in [1.29, 1.82) is 0 Å². The monoisotopic (exact) mass is 430 g/mol. The standard InChI is InChI=1S/C24H28F2N2O3/c1-3-4-5-6-7-13-27-24(31)28(2)19-10-8-9-17(14-19)18-15-21(25)20(22(26)16-18)11-12-23(29)30/h8-12,14-16H,3-7,13H2,1-2H3,(H,27,31)(H,29,30)/b12-11+. The lowest BCUT2D eigenvalue weighted by molar-refractivity contribution is -0.131. The van der Waals surface area contributed by atoms with E-state index in [0.717, 1.165) is 37.5 Å². The molecule has 0 spiro atoms. The molecular weight excluding hydrogens is 402 g/mol. The van der Waals surface area contributed by atoms with Crippen LogP contribution in [0.5, 0.6) is 0 Å².